The van der Waals surface area contributed by atoms with E-state index in [0.717, 1.165) is 18.5 Å². The second-order valence-electron chi connectivity index (χ2n) is 3.89. The number of hydrogen-bond donors (Lipinski definition) is 2. The SMILES string of the molecule is CCCCCNC(=S)N/N=C\c1cccc(Cl)c1. The highest BCUT2D eigenvalue weighted by atomic mass is 35.5. The molecule has 0 heterocycles. The predicted molar refractivity (Wildman–Crippen MR) is 82.3 cm³/mol. The zero-order valence-electron chi connectivity index (χ0n) is 10.4. The molecule has 0 spiro atoms. The van der Waals surface area contributed by atoms with Gasteiger partial charge in [-0.05, 0) is 36.3 Å². The highest BCUT2D eigenvalue weighted by Crippen LogP contribution is 2.08. The molecule has 1 aromatic rings. The van der Waals surface area contributed by atoms with Gasteiger partial charge in [0.15, 0.2) is 5.11 Å². The molecule has 0 aliphatic heterocycles. The van der Waals surface area contributed by atoms with E-state index in [1.54, 1.807) is 6.21 Å². The molecule has 0 atom stereocenters. The van der Waals surface area contributed by atoms with E-state index in [1.165, 1.54) is 12.8 Å². The van der Waals surface area contributed by atoms with Crippen molar-refractivity contribution in [3.63, 3.8) is 0 Å². The first-order chi connectivity index (χ1) is 8.72. The maximum atomic E-state index is 5.86. The lowest BCUT2D eigenvalue weighted by molar-refractivity contribution is 0.691. The summed E-state index contributed by atoms with van der Waals surface area (Å²) in [6.45, 7) is 3.05. The predicted octanol–water partition coefficient (Wildman–Crippen LogP) is 3.33. The van der Waals surface area contributed by atoms with Crippen LogP contribution in [0.15, 0.2) is 29.4 Å². The van der Waals surface area contributed by atoms with Crippen LogP contribution in [0.25, 0.3) is 0 Å². The number of rotatable bonds is 6. The van der Waals surface area contributed by atoms with Crippen molar-refractivity contribution in [3.05, 3.63) is 34.9 Å². The van der Waals surface area contributed by atoms with Gasteiger partial charge in [-0.1, -0.05) is 43.5 Å². The minimum Gasteiger partial charge on any atom is -0.361 e. The van der Waals surface area contributed by atoms with Crippen LogP contribution in [0.5, 0.6) is 0 Å². The summed E-state index contributed by atoms with van der Waals surface area (Å²) >= 11 is 10.9. The topological polar surface area (TPSA) is 36.4 Å². The Labute approximate surface area is 119 Å². The van der Waals surface area contributed by atoms with Crippen molar-refractivity contribution in [2.24, 2.45) is 5.10 Å². The van der Waals surface area contributed by atoms with Gasteiger partial charge in [-0.15, -0.1) is 0 Å². The molecule has 0 amide bonds. The van der Waals surface area contributed by atoms with Crippen molar-refractivity contribution in [3.8, 4) is 0 Å². The summed E-state index contributed by atoms with van der Waals surface area (Å²) in [5.74, 6) is 0. The smallest absolute Gasteiger partial charge is 0.186 e. The van der Waals surface area contributed by atoms with E-state index in [2.05, 4.69) is 22.8 Å². The number of nitrogens with zero attached hydrogens (tertiary/aromatic N) is 1. The molecule has 18 heavy (non-hydrogen) atoms. The van der Waals surface area contributed by atoms with Crippen LogP contribution in [0.1, 0.15) is 31.7 Å². The lowest BCUT2D eigenvalue weighted by atomic mass is 10.2. The Morgan fingerprint density at radius 3 is 3.00 bits per heavy atom. The molecule has 0 saturated carbocycles. The van der Waals surface area contributed by atoms with Gasteiger partial charge < -0.3 is 5.32 Å². The van der Waals surface area contributed by atoms with Crippen LogP contribution < -0.4 is 10.7 Å². The van der Waals surface area contributed by atoms with Crippen molar-refractivity contribution in [1.82, 2.24) is 10.7 Å². The molecular formula is C13H18ClN3S. The minimum absolute atomic E-state index is 0.546. The van der Waals surface area contributed by atoms with Crippen LogP contribution in [0, 0.1) is 0 Å². The molecule has 2 N–H and O–H groups in total. The number of thiocarbonyl (C=S) groups is 1. The number of hydrogen-bond acceptors (Lipinski definition) is 2. The second-order valence-corrected chi connectivity index (χ2v) is 4.73. The van der Waals surface area contributed by atoms with Crippen LogP contribution in [0.4, 0.5) is 0 Å². The summed E-state index contributed by atoms with van der Waals surface area (Å²) in [4.78, 5) is 0. The Hall–Kier alpha value is -1.13. The molecule has 1 aromatic carbocycles. The van der Waals surface area contributed by atoms with Crippen LogP contribution in [-0.4, -0.2) is 17.9 Å². The molecule has 98 valence electrons. The molecule has 0 aliphatic carbocycles. The fraction of sp³-hybridized carbons (Fsp3) is 0.385. The Morgan fingerprint density at radius 2 is 2.28 bits per heavy atom. The van der Waals surface area contributed by atoms with Crippen molar-refractivity contribution in [1.29, 1.82) is 0 Å². The van der Waals surface area contributed by atoms with Gasteiger partial charge in [-0.25, -0.2) is 0 Å². The molecule has 3 nitrogen and oxygen atoms in total. The minimum atomic E-state index is 0.546. The summed E-state index contributed by atoms with van der Waals surface area (Å²) in [7, 11) is 0. The van der Waals surface area contributed by atoms with Crippen LogP contribution >= 0.6 is 23.8 Å². The second kappa shape index (κ2) is 8.89. The Balaban J connectivity index is 2.25. The first-order valence-corrected chi connectivity index (χ1v) is 6.83. The maximum absolute atomic E-state index is 5.86. The van der Waals surface area contributed by atoms with Crippen molar-refractivity contribution >= 4 is 35.1 Å². The molecule has 0 fully saturated rings. The van der Waals surface area contributed by atoms with Gasteiger partial charge in [0.2, 0.25) is 0 Å². The zero-order chi connectivity index (χ0) is 13.2. The van der Waals surface area contributed by atoms with Gasteiger partial charge in [0.05, 0.1) is 6.21 Å². The lowest BCUT2D eigenvalue weighted by Gasteiger charge is -2.05. The normalized spacial score (nSPS) is 10.6. The van der Waals surface area contributed by atoms with Crippen LogP contribution in [0.2, 0.25) is 5.02 Å². The summed E-state index contributed by atoms with van der Waals surface area (Å²) in [5, 5.41) is 8.38. The number of unbranched alkanes of at least 4 members (excludes halogenated alkanes) is 2. The Kier molecular flexibility index (Phi) is 7.37. The van der Waals surface area contributed by atoms with Gasteiger partial charge >= 0.3 is 0 Å². The van der Waals surface area contributed by atoms with E-state index in [9.17, 15) is 0 Å². The molecule has 0 bridgehead atoms. The quantitative estimate of drug-likeness (QED) is 0.364. The monoisotopic (exact) mass is 283 g/mol. The zero-order valence-corrected chi connectivity index (χ0v) is 12.0. The average Bonchev–Trinajstić information content (AvgIpc) is 2.35. The number of benzene rings is 1. The highest BCUT2D eigenvalue weighted by Gasteiger charge is 1.92. The lowest BCUT2D eigenvalue weighted by Crippen LogP contribution is -2.32. The van der Waals surface area contributed by atoms with Gasteiger partial charge in [0, 0.05) is 11.6 Å². The summed E-state index contributed by atoms with van der Waals surface area (Å²) in [6, 6.07) is 7.47. The van der Waals surface area contributed by atoms with Gasteiger partial charge in [0.1, 0.15) is 0 Å². The molecule has 0 radical (unpaired) electrons. The number of hydrazone groups is 1. The fourth-order valence-corrected chi connectivity index (χ4v) is 1.72. The van der Waals surface area contributed by atoms with E-state index in [-0.39, 0.29) is 0 Å². The molecular weight excluding hydrogens is 266 g/mol. The highest BCUT2D eigenvalue weighted by molar-refractivity contribution is 7.80. The van der Waals surface area contributed by atoms with E-state index in [0.29, 0.717) is 10.1 Å². The van der Waals surface area contributed by atoms with Gasteiger partial charge in [-0.2, -0.15) is 5.10 Å². The van der Waals surface area contributed by atoms with Gasteiger partial charge in [-0.3, -0.25) is 5.43 Å². The van der Waals surface area contributed by atoms with E-state index in [4.69, 9.17) is 23.8 Å². The van der Waals surface area contributed by atoms with E-state index < -0.39 is 0 Å². The van der Waals surface area contributed by atoms with Crippen molar-refractivity contribution < 1.29 is 0 Å². The number of halogens is 1. The third-order valence-corrected chi connectivity index (χ3v) is 2.76. The fourth-order valence-electron chi connectivity index (χ4n) is 1.37. The molecule has 5 heteroatoms. The molecule has 0 aliphatic rings. The summed E-state index contributed by atoms with van der Waals surface area (Å²) in [5.41, 5.74) is 3.71. The summed E-state index contributed by atoms with van der Waals surface area (Å²) in [6.07, 6.45) is 5.22. The van der Waals surface area contributed by atoms with Crippen molar-refractivity contribution in [2.45, 2.75) is 26.2 Å². The standard InChI is InChI=1S/C13H18ClN3S/c1-2-3-4-8-15-13(18)17-16-10-11-6-5-7-12(14)9-11/h5-7,9-10H,2-4,8H2,1H3,(H2,15,17,18)/b16-10-. The largest absolute Gasteiger partial charge is 0.361 e. The van der Waals surface area contributed by atoms with E-state index in [1.807, 2.05) is 24.3 Å². The average molecular weight is 284 g/mol. The molecule has 0 unspecified atom stereocenters. The summed E-state index contributed by atoms with van der Waals surface area (Å²) < 4.78 is 0. The third kappa shape index (κ3) is 6.57. The van der Waals surface area contributed by atoms with Crippen molar-refractivity contribution in [2.75, 3.05) is 6.54 Å². The van der Waals surface area contributed by atoms with Crippen LogP contribution in [0.3, 0.4) is 0 Å². The Morgan fingerprint density at radius 1 is 1.44 bits per heavy atom. The Bertz CT molecular complexity index is 407. The maximum Gasteiger partial charge on any atom is 0.186 e. The first kappa shape index (κ1) is 14.9. The van der Waals surface area contributed by atoms with Crippen LogP contribution in [-0.2, 0) is 0 Å². The number of nitrogens with one attached hydrogen (secondary N) is 2. The molecule has 0 aromatic heterocycles. The van der Waals surface area contributed by atoms with Gasteiger partial charge in [0.25, 0.3) is 0 Å². The molecule has 1 rings (SSSR count). The first-order valence-electron chi connectivity index (χ1n) is 6.05. The molecule has 0 saturated heterocycles. The third-order valence-electron chi connectivity index (χ3n) is 2.29. The van der Waals surface area contributed by atoms with E-state index >= 15 is 0 Å².